The molecule has 2 aromatic carbocycles. The van der Waals surface area contributed by atoms with Crippen LogP contribution in [0.2, 0.25) is 0 Å². The van der Waals surface area contributed by atoms with E-state index in [4.69, 9.17) is 4.74 Å². The Kier molecular flexibility index (Phi) is 2.67. The Balaban J connectivity index is 2.24. The minimum atomic E-state index is 0.106. The van der Waals surface area contributed by atoms with Crippen LogP contribution in [0.15, 0.2) is 36.4 Å². The second-order valence-electron chi connectivity index (χ2n) is 6.26. The van der Waals surface area contributed by atoms with Gasteiger partial charge in [0.15, 0.2) is 0 Å². The van der Waals surface area contributed by atoms with Crippen LogP contribution in [0, 0.1) is 0 Å². The van der Waals surface area contributed by atoms with Crippen LogP contribution in [0.4, 0.5) is 0 Å². The maximum absolute atomic E-state index is 5.75. The Morgan fingerprint density at radius 3 is 2.37 bits per heavy atom. The van der Waals surface area contributed by atoms with Crippen molar-refractivity contribution >= 4 is 0 Å². The molecule has 0 saturated carbocycles. The molecule has 0 atom stereocenters. The van der Waals surface area contributed by atoms with Crippen LogP contribution in [-0.4, -0.2) is 7.11 Å². The smallest absolute Gasteiger partial charge is 0.126 e. The first-order chi connectivity index (χ1) is 9.02. The minimum absolute atomic E-state index is 0.106. The van der Waals surface area contributed by atoms with Gasteiger partial charge in [0, 0.05) is 12.0 Å². The Morgan fingerprint density at radius 1 is 0.947 bits per heavy atom. The van der Waals surface area contributed by atoms with Gasteiger partial charge in [0.25, 0.3) is 0 Å². The molecule has 1 aliphatic rings. The standard InChI is InChI=1S/C18H20O/c1-18(2,3)16-10-9-14-13-8-6-5-7-12(13)11-15(14)17(16)19-4/h5-10H,11H2,1-4H3. The lowest BCUT2D eigenvalue weighted by molar-refractivity contribution is 0.394. The van der Waals surface area contributed by atoms with Gasteiger partial charge in [0.2, 0.25) is 0 Å². The average Bonchev–Trinajstić information content (AvgIpc) is 2.75. The monoisotopic (exact) mass is 252 g/mol. The highest BCUT2D eigenvalue weighted by molar-refractivity contribution is 5.80. The van der Waals surface area contributed by atoms with Crippen molar-refractivity contribution in [3.8, 4) is 16.9 Å². The molecule has 2 aromatic rings. The van der Waals surface area contributed by atoms with Gasteiger partial charge in [-0.3, -0.25) is 0 Å². The lowest BCUT2D eigenvalue weighted by atomic mass is 9.84. The van der Waals surface area contributed by atoms with E-state index in [0.29, 0.717) is 0 Å². The third kappa shape index (κ3) is 1.85. The third-order valence-electron chi connectivity index (χ3n) is 3.95. The van der Waals surface area contributed by atoms with Crippen LogP contribution in [0.1, 0.15) is 37.5 Å². The Hall–Kier alpha value is -1.76. The Labute approximate surface area is 115 Å². The number of hydrogen-bond acceptors (Lipinski definition) is 1. The molecule has 1 nitrogen and oxygen atoms in total. The van der Waals surface area contributed by atoms with Gasteiger partial charge in [-0.15, -0.1) is 0 Å². The summed E-state index contributed by atoms with van der Waals surface area (Å²) in [6, 6.07) is 13.1. The molecule has 0 aromatic heterocycles. The normalized spacial score (nSPS) is 13.1. The summed E-state index contributed by atoms with van der Waals surface area (Å²) in [6.07, 6.45) is 0.985. The van der Waals surface area contributed by atoms with Crippen LogP contribution < -0.4 is 4.74 Å². The molecule has 0 fully saturated rings. The zero-order chi connectivity index (χ0) is 13.6. The molecule has 0 unspecified atom stereocenters. The fraction of sp³-hybridized carbons (Fsp3) is 0.333. The van der Waals surface area contributed by atoms with Crippen molar-refractivity contribution in [2.24, 2.45) is 0 Å². The van der Waals surface area contributed by atoms with Crippen molar-refractivity contribution < 1.29 is 4.74 Å². The lowest BCUT2D eigenvalue weighted by Gasteiger charge is -2.24. The highest BCUT2D eigenvalue weighted by atomic mass is 16.5. The van der Waals surface area contributed by atoms with Gasteiger partial charge in [-0.1, -0.05) is 57.2 Å². The molecule has 0 spiro atoms. The van der Waals surface area contributed by atoms with E-state index in [2.05, 4.69) is 57.2 Å². The van der Waals surface area contributed by atoms with Crippen molar-refractivity contribution in [2.75, 3.05) is 7.11 Å². The molecule has 98 valence electrons. The minimum Gasteiger partial charge on any atom is -0.496 e. The molecular formula is C18H20O. The molecule has 0 bridgehead atoms. The predicted molar refractivity (Wildman–Crippen MR) is 79.9 cm³/mol. The molecule has 19 heavy (non-hydrogen) atoms. The van der Waals surface area contributed by atoms with E-state index in [-0.39, 0.29) is 5.41 Å². The molecule has 0 amide bonds. The maximum Gasteiger partial charge on any atom is 0.126 e. The first kappa shape index (κ1) is 12.3. The molecule has 1 aliphatic carbocycles. The average molecular weight is 252 g/mol. The van der Waals surface area contributed by atoms with E-state index in [1.165, 1.54) is 27.8 Å². The van der Waals surface area contributed by atoms with Crippen LogP contribution in [-0.2, 0) is 11.8 Å². The lowest BCUT2D eigenvalue weighted by Crippen LogP contribution is -2.13. The number of ether oxygens (including phenoxy) is 1. The van der Waals surface area contributed by atoms with Crippen molar-refractivity contribution in [3.63, 3.8) is 0 Å². The Bertz CT molecular complexity index is 633. The molecule has 1 heteroatoms. The third-order valence-corrected chi connectivity index (χ3v) is 3.95. The van der Waals surface area contributed by atoms with Crippen LogP contribution in [0.3, 0.4) is 0 Å². The summed E-state index contributed by atoms with van der Waals surface area (Å²) in [5.74, 6) is 1.07. The SMILES string of the molecule is COc1c(C(C)(C)C)ccc2c1Cc1ccccc1-2. The first-order valence-electron chi connectivity index (χ1n) is 6.81. The van der Waals surface area contributed by atoms with Crippen LogP contribution in [0.25, 0.3) is 11.1 Å². The first-order valence-corrected chi connectivity index (χ1v) is 6.81. The van der Waals surface area contributed by atoms with Gasteiger partial charge in [0.1, 0.15) is 5.75 Å². The summed E-state index contributed by atoms with van der Waals surface area (Å²) in [7, 11) is 1.79. The summed E-state index contributed by atoms with van der Waals surface area (Å²) < 4.78 is 5.75. The van der Waals surface area contributed by atoms with Crippen molar-refractivity contribution in [1.29, 1.82) is 0 Å². The van der Waals surface area contributed by atoms with Gasteiger partial charge in [-0.05, 0) is 27.7 Å². The van der Waals surface area contributed by atoms with E-state index in [9.17, 15) is 0 Å². The zero-order valence-corrected chi connectivity index (χ0v) is 12.1. The van der Waals surface area contributed by atoms with E-state index in [0.717, 1.165) is 12.2 Å². The highest BCUT2D eigenvalue weighted by Gasteiger charge is 2.27. The quantitative estimate of drug-likeness (QED) is 0.616. The molecule has 0 saturated heterocycles. The van der Waals surface area contributed by atoms with Gasteiger partial charge < -0.3 is 4.74 Å². The van der Waals surface area contributed by atoms with Gasteiger partial charge in [-0.2, -0.15) is 0 Å². The predicted octanol–water partition coefficient (Wildman–Crippen LogP) is 4.56. The molecule has 0 heterocycles. The largest absolute Gasteiger partial charge is 0.496 e. The highest BCUT2D eigenvalue weighted by Crippen LogP contribution is 2.45. The number of fused-ring (bicyclic) bond motifs is 3. The van der Waals surface area contributed by atoms with E-state index in [1.54, 1.807) is 7.11 Å². The maximum atomic E-state index is 5.75. The van der Waals surface area contributed by atoms with Gasteiger partial charge in [-0.25, -0.2) is 0 Å². The molecule has 3 rings (SSSR count). The number of rotatable bonds is 1. The van der Waals surface area contributed by atoms with Crippen LogP contribution >= 0.6 is 0 Å². The second kappa shape index (κ2) is 4.12. The van der Waals surface area contributed by atoms with Crippen molar-refractivity contribution in [3.05, 3.63) is 53.1 Å². The summed E-state index contributed by atoms with van der Waals surface area (Å²) in [5, 5.41) is 0. The topological polar surface area (TPSA) is 9.23 Å². The van der Waals surface area contributed by atoms with Crippen molar-refractivity contribution in [1.82, 2.24) is 0 Å². The number of benzene rings is 2. The molecule has 0 aliphatic heterocycles. The summed E-state index contributed by atoms with van der Waals surface area (Å²) in [5.41, 5.74) is 6.84. The number of methoxy groups -OCH3 is 1. The second-order valence-corrected chi connectivity index (χ2v) is 6.26. The summed E-state index contributed by atoms with van der Waals surface area (Å²) in [6.45, 7) is 6.71. The van der Waals surface area contributed by atoms with E-state index < -0.39 is 0 Å². The van der Waals surface area contributed by atoms with E-state index in [1.807, 2.05) is 0 Å². The summed E-state index contributed by atoms with van der Waals surface area (Å²) >= 11 is 0. The Morgan fingerprint density at radius 2 is 1.68 bits per heavy atom. The number of hydrogen-bond donors (Lipinski definition) is 0. The molecule has 0 radical (unpaired) electrons. The van der Waals surface area contributed by atoms with Crippen LogP contribution in [0.5, 0.6) is 5.75 Å². The zero-order valence-electron chi connectivity index (χ0n) is 12.1. The van der Waals surface area contributed by atoms with Crippen molar-refractivity contribution in [2.45, 2.75) is 32.6 Å². The molecule has 0 N–H and O–H groups in total. The molecular weight excluding hydrogens is 232 g/mol. The van der Waals surface area contributed by atoms with Gasteiger partial charge >= 0.3 is 0 Å². The fourth-order valence-corrected chi connectivity index (χ4v) is 3.01. The van der Waals surface area contributed by atoms with E-state index >= 15 is 0 Å². The van der Waals surface area contributed by atoms with Gasteiger partial charge in [0.05, 0.1) is 7.11 Å². The fourth-order valence-electron chi connectivity index (χ4n) is 3.01. The summed E-state index contributed by atoms with van der Waals surface area (Å²) in [4.78, 5) is 0.